The van der Waals surface area contributed by atoms with Crippen molar-refractivity contribution < 1.29 is 4.79 Å². The molecule has 0 aliphatic rings. The van der Waals surface area contributed by atoms with Crippen LogP contribution in [-0.4, -0.2) is 6.29 Å². The number of aldehydes is 1. The third-order valence-corrected chi connectivity index (χ3v) is 1.50. The summed E-state index contributed by atoms with van der Waals surface area (Å²) < 4.78 is 0. The van der Waals surface area contributed by atoms with Crippen molar-refractivity contribution >= 4 is 6.29 Å². The van der Waals surface area contributed by atoms with E-state index in [0.717, 1.165) is 18.3 Å². The fourth-order valence-electron chi connectivity index (χ4n) is 0.745. The highest BCUT2D eigenvalue weighted by Crippen LogP contribution is 2.05. The minimum atomic E-state index is 0.639. The van der Waals surface area contributed by atoms with Crippen LogP contribution in [0.15, 0.2) is 36.0 Å². The Labute approximate surface area is 68.1 Å². The van der Waals surface area contributed by atoms with Gasteiger partial charge in [-0.25, -0.2) is 0 Å². The molecule has 0 N–H and O–H groups in total. The van der Waals surface area contributed by atoms with Crippen LogP contribution in [0.2, 0.25) is 0 Å². The van der Waals surface area contributed by atoms with Crippen LogP contribution in [0.4, 0.5) is 0 Å². The van der Waals surface area contributed by atoms with E-state index in [1.807, 2.05) is 19.1 Å². The summed E-state index contributed by atoms with van der Waals surface area (Å²) in [6.45, 7) is 7.54. The third-order valence-electron chi connectivity index (χ3n) is 1.50. The Bertz CT molecular complexity index is 187. The first-order valence-corrected chi connectivity index (χ1v) is 3.73. The zero-order chi connectivity index (χ0) is 8.69. The summed E-state index contributed by atoms with van der Waals surface area (Å²) in [5.74, 6) is 0. The Kier molecular flexibility index (Phi) is 5.09. The largest absolute Gasteiger partial charge is 0.298 e. The van der Waals surface area contributed by atoms with Crippen molar-refractivity contribution in [2.45, 2.75) is 20.3 Å². The Balaban J connectivity index is 4.47. The van der Waals surface area contributed by atoms with Gasteiger partial charge in [0.15, 0.2) is 0 Å². The summed E-state index contributed by atoms with van der Waals surface area (Å²) in [7, 11) is 0. The van der Waals surface area contributed by atoms with Gasteiger partial charge in [-0.3, -0.25) is 4.79 Å². The molecule has 0 spiro atoms. The first kappa shape index (κ1) is 9.89. The lowest BCUT2D eigenvalue weighted by atomic mass is 10.1. The molecule has 0 saturated heterocycles. The highest BCUT2D eigenvalue weighted by Gasteiger charge is 1.89. The van der Waals surface area contributed by atoms with E-state index >= 15 is 0 Å². The summed E-state index contributed by atoms with van der Waals surface area (Å²) >= 11 is 0. The Morgan fingerprint density at radius 2 is 2.18 bits per heavy atom. The van der Waals surface area contributed by atoms with Crippen LogP contribution in [0.1, 0.15) is 20.3 Å². The minimum Gasteiger partial charge on any atom is -0.298 e. The fraction of sp³-hybridized carbons (Fsp3) is 0.300. The van der Waals surface area contributed by atoms with Crippen molar-refractivity contribution in [2.75, 3.05) is 0 Å². The quantitative estimate of drug-likeness (QED) is 0.342. The number of allylic oxidation sites excluding steroid dienone is 5. The molecule has 0 atom stereocenters. The van der Waals surface area contributed by atoms with E-state index in [9.17, 15) is 4.79 Å². The third kappa shape index (κ3) is 3.56. The van der Waals surface area contributed by atoms with Crippen LogP contribution >= 0.6 is 0 Å². The van der Waals surface area contributed by atoms with E-state index in [0.29, 0.717) is 5.57 Å². The number of carbonyl (C=O) groups excluding carboxylic acids is 1. The van der Waals surface area contributed by atoms with Gasteiger partial charge in [0.25, 0.3) is 0 Å². The molecule has 0 rings (SSSR count). The Hall–Kier alpha value is -1.11. The maximum Gasteiger partial charge on any atom is 0.150 e. The second-order valence-electron chi connectivity index (χ2n) is 2.18. The van der Waals surface area contributed by atoms with Gasteiger partial charge in [0.2, 0.25) is 0 Å². The maximum atomic E-state index is 10.3. The lowest BCUT2D eigenvalue weighted by molar-refractivity contribution is -0.104. The second kappa shape index (κ2) is 5.66. The van der Waals surface area contributed by atoms with Gasteiger partial charge in [-0.1, -0.05) is 31.2 Å². The predicted molar refractivity (Wildman–Crippen MR) is 48.4 cm³/mol. The second-order valence-corrected chi connectivity index (χ2v) is 2.18. The molecule has 0 aliphatic heterocycles. The van der Waals surface area contributed by atoms with Gasteiger partial charge in [-0.05, 0) is 19.4 Å². The molecule has 1 heteroatoms. The molecule has 0 aliphatic carbocycles. The summed E-state index contributed by atoms with van der Waals surface area (Å²) in [6.07, 6.45) is 7.16. The molecule has 0 saturated carbocycles. The predicted octanol–water partition coefficient (Wildman–Crippen LogP) is 2.65. The average molecular weight is 150 g/mol. The number of rotatable bonds is 4. The molecular formula is C10H14O. The van der Waals surface area contributed by atoms with Gasteiger partial charge in [0, 0.05) is 5.57 Å². The standard InChI is InChI=1S/C10H14O/c1-4-9(5-2)7-10(6-3)8-11/h4,6-8H,3,5H2,1-2H3/b9-4-,10-7+. The minimum absolute atomic E-state index is 0.639. The van der Waals surface area contributed by atoms with E-state index in [4.69, 9.17) is 0 Å². The SMILES string of the molecule is C=C/C(C=O)=C\C(=C/C)CC. The van der Waals surface area contributed by atoms with Crippen LogP contribution in [0.5, 0.6) is 0 Å². The Morgan fingerprint density at radius 3 is 2.45 bits per heavy atom. The number of carbonyl (C=O) groups is 1. The number of hydrogen-bond donors (Lipinski definition) is 0. The van der Waals surface area contributed by atoms with Crippen LogP contribution in [0, 0.1) is 0 Å². The summed E-state index contributed by atoms with van der Waals surface area (Å²) in [4.78, 5) is 10.3. The first-order chi connectivity index (χ1) is 5.28. The molecule has 0 unspecified atom stereocenters. The van der Waals surface area contributed by atoms with Crippen molar-refractivity contribution in [1.82, 2.24) is 0 Å². The van der Waals surface area contributed by atoms with Crippen molar-refractivity contribution in [1.29, 1.82) is 0 Å². The molecule has 11 heavy (non-hydrogen) atoms. The molecule has 60 valence electrons. The van der Waals surface area contributed by atoms with Gasteiger partial charge in [0.05, 0.1) is 0 Å². The topological polar surface area (TPSA) is 17.1 Å². The van der Waals surface area contributed by atoms with Crippen molar-refractivity contribution in [2.24, 2.45) is 0 Å². The van der Waals surface area contributed by atoms with E-state index in [2.05, 4.69) is 13.5 Å². The molecule has 0 amide bonds. The molecule has 0 radical (unpaired) electrons. The van der Waals surface area contributed by atoms with E-state index in [-0.39, 0.29) is 0 Å². The van der Waals surface area contributed by atoms with Gasteiger partial charge in [-0.15, -0.1) is 0 Å². The smallest absolute Gasteiger partial charge is 0.150 e. The molecule has 0 aromatic carbocycles. The van der Waals surface area contributed by atoms with Crippen molar-refractivity contribution in [3.8, 4) is 0 Å². The van der Waals surface area contributed by atoms with E-state index in [1.54, 1.807) is 6.08 Å². The number of hydrogen-bond acceptors (Lipinski definition) is 1. The highest BCUT2D eigenvalue weighted by atomic mass is 16.1. The lowest BCUT2D eigenvalue weighted by Crippen LogP contribution is -1.81. The van der Waals surface area contributed by atoms with Gasteiger partial charge in [-0.2, -0.15) is 0 Å². The Morgan fingerprint density at radius 1 is 1.55 bits per heavy atom. The average Bonchev–Trinajstić information content (AvgIpc) is 2.07. The van der Waals surface area contributed by atoms with E-state index < -0.39 is 0 Å². The summed E-state index contributed by atoms with van der Waals surface area (Å²) in [5, 5.41) is 0. The normalized spacial score (nSPS) is 12.9. The van der Waals surface area contributed by atoms with Crippen LogP contribution < -0.4 is 0 Å². The van der Waals surface area contributed by atoms with Crippen molar-refractivity contribution in [3.63, 3.8) is 0 Å². The van der Waals surface area contributed by atoms with Crippen LogP contribution in [-0.2, 0) is 4.79 Å². The molecular weight excluding hydrogens is 136 g/mol. The van der Waals surface area contributed by atoms with Gasteiger partial charge < -0.3 is 0 Å². The van der Waals surface area contributed by atoms with Gasteiger partial charge in [0.1, 0.15) is 6.29 Å². The lowest BCUT2D eigenvalue weighted by Gasteiger charge is -1.94. The summed E-state index contributed by atoms with van der Waals surface area (Å²) in [5.41, 5.74) is 1.80. The zero-order valence-electron chi connectivity index (χ0n) is 7.13. The van der Waals surface area contributed by atoms with Crippen LogP contribution in [0.25, 0.3) is 0 Å². The molecule has 0 aromatic rings. The maximum absolute atomic E-state index is 10.3. The van der Waals surface area contributed by atoms with Gasteiger partial charge >= 0.3 is 0 Å². The zero-order valence-corrected chi connectivity index (χ0v) is 7.13. The van der Waals surface area contributed by atoms with Crippen molar-refractivity contribution in [3.05, 3.63) is 36.0 Å². The summed E-state index contributed by atoms with van der Waals surface area (Å²) in [6, 6.07) is 0. The molecule has 0 heterocycles. The molecule has 0 fully saturated rings. The fourth-order valence-corrected chi connectivity index (χ4v) is 0.745. The molecule has 1 nitrogen and oxygen atoms in total. The highest BCUT2D eigenvalue weighted by molar-refractivity contribution is 5.78. The first-order valence-electron chi connectivity index (χ1n) is 3.73. The monoisotopic (exact) mass is 150 g/mol. The molecule has 0 bridgehead atoms. The van der Waals surface area contributed by atoms with Crippen LogP contribution in [0.3, 0.4) is 0 Å². The van der Waals surface area contributed by atoms with E-state index in [1.165, 1.54) is 0 Å². The molecule has 0 aromatic heterocycles.